The summed E-state index contributed by atoms with van der Waals surface area (Å²) >= 11 is 0. The molecule has 0 aliphatic heterocycles. The lowest BCUT2D eigenvalue weighted by atomic mass is 9.77. The highest BCUT2D eigenvalue weighted by Gasteiger charge is 2.38. The second-order valence-electron chi connectivity index (χ2n) is 9.54. The Bertz CT molecular complexity index is 1760. The molecule has 0 aliphatic rings. The molecule has 0 N–H and O–H groups in total. The number of hydrogen-bond donors (Lipinski definition) is 0. The number of carbonyl (C=O) groups is 1. The molecule has 40 heavy (non-hydrogen) atoms. The molecule has 0 spiro atoms. The zero-order valence-corrected chi connectivity index (χ0v) is 22.3. The van der Waals surface area contributed by atoms with Crippen LogP contribution in [0.25, 0.3) is 11.3 Å². The molecule has 0 unspecified atom stereocenters. The molecule has 7 heteroatoms. The van der Waals surface area contributed by atoms with Gasteiger partial charge in [0.25, 0.3) is 5.56 Å². The van der Waals surface area contributed by atoms with Crippen molar-refractivity contribution in [2.75, 3.05) is 6.61 Å². The van der Waals surface area contributed by atoms with Crippen molar-refractivity contribution in [2.45, 2.75) is 19.4 Å². The summed E-state index contributed by atoms with van der Waals surface area (Å²) in [7, 11) is 0. The Morgan fingerprint density at radius 3 is 1.90 bits per heavy atom. The monoisotopic (exact) mass is 528 g/mol. The van der Waals surface area contributed by atoms with Gasteiger partial charge in [0.15, 0.2) is 11.4 Å². The van der Waals surface area contributed by atoms with Gasteiger partial charge in [-0.05, 0) is 42.2 Å². The van der Waals surface area contributed by atoms with Crippen molar-refractivity contribution < 1.29 is 9.53 Å². The van der Waals surface area contributed by atoms with E-state index in [1.807, 2.05) is 84.4 Å². The largest absolute Gasteiger partial charge is 0.462 e. The summed E-state index contributed by atoms with van der Waals surface area (Å²) in [5.74, 6) is -0.266. The van der Waals surface area contributed by atoms with Crippen molar-refractivity contribution in [1.82, 2.24) is 18.7 Å². The van der Waals surface area contributed by atoms with E-state index >= 15 is 0 Å². The Labute approximate surface area is 231 Å². The lowest BCUT2D eigenvalue weighted by molar-refractivity contribution is 0.0527. The number of esters is 1. The van der Waals surface area contributed by atoms with Crippen molar-refractivity contribution in [2.24, 2.45) is 0 Å². The molecule has 0 saturated heterocycles. The molecular weight excluding hydrogens is 500 g/mol. The molecule has 0 amide bonds. The number of imidazole rings is 1. The summed E-state index contributed by atoms with van der Waals surface area (Å²) < 4.78 is 10.4. The van der Waals surface area contributed by atoms with E-state index in [9.17, 15) is 9.59 Å². The third-order valence-corrected chi connectivity index (χ3v) is 7.26. The maximum absolute atomic E-state index is 13.8. The number of hydrogen-bond acceptors (Lipinski definition) is 4. The van der Waals surface area contributed by atoms with E-state index in [1.165, 1.54) is 4.68 Å². The minimum Gasteiger partial charge on any atom is -0.462 e. The zero-order valence-electron chi connectivity index (χ0n) is 22.3. The van der Waals surface area contributed by atoms with E-state index < -0.39 is 17.1 Å². The molecule has 3 aromatic heterocycles. The summed E-state index contributed by atoms with van der Waals surface area (Å²) in [4.78, 5) is 31.5. The molecule has 0 radical (unpaired) electrons. The Morgan fingerprint density at radius 1 is 0.825 bits per heavy atom. The Balaban J connectivity index is 1.65. The lowest BCUT2D eigenvalue weighted by Crippen LogP contribution is -2.37. The van der Waals surface area contributed by atoms with Gasteiger partial charge in [-0.1, -0.05) is 97.1 Å². The van der Waals surface area contributed by atoms with Crippen molar-refractivity contribution in [3.63, 3.8) is 0 Å². The Morgan fingerprint density at radius 2 is 1.38 bits per heavy atom. The minimum atomic E-state index is -0.786. The van der Waals surface area contributed by atoms with Gasteiger partial charge in [-0.25, -0.2) is 9.78 Å². The van der Waals surface area contributed by atoms with Crippen LogP contribution in [0.5, 0.6) is 0 Å². The molecule has 6 aromatic rings. The first-order valence-corrected chi connectivity index (χ1v) is 13.2. The van der Waals surface area contributed by atoms with Gasteiger partial charge in [0.2, 0.25) is 0 Å². The molecule has 0 saturated carbocycles. The summed E-state index contributed by atoms with van der Waals surface area (Å²) in [6.45, 7) is 3.76. The molecule has 198 valence electrons. The van der Waals surface area contributed by atoms with E-state index in [-0.39, 0.29) is 12.2 Å². The number of fused-ring (bicyclic) bond motifs is 1. The smallest absolute Gasteiger partial charge is 0.346 e. The minimum absolute atomic E-state index is 0.00468. The van der Waals surface area contributed by atoms with Crippen molar-refractivity contribution in [1.29, 1.82) is 0 Å². The Kier molecular flexibility index (Phi) is 6.40. The van der Waals surface area contributed by atoms with Gasteiger partial charge in [0, 0.05) is 6.20 Å². The zero-order chi connectivity index (χ0) is 27.7. The highest BCUT2D eigenvalue weighted by Crippen LogP contribution is 2.41. The summed E-state index contributed by atoms with van der Waals surface area (Å²) in [5, 5.41) is 0. The molecular formula is C33H28N4O3. The van der Waals surface area contributed by atoms with Crippen molar-refractivity contribution in [3.05, 3.63) is 160 Å². The van der Waals surface area contributed by atoms with Crippen LogP contribution in [0, 0.1) is 6.92 Å². The van der Waals surface area contributed by atoms with Crippen LogP contribution in [-0.2, 0) is 10.3 Å². The number of benzene rings is 3. The standard InChI is InChI=1S/C33H28N4O3/c1-3-40-32(39)29-30-24(2)14-13-21-36(30)37(31(29)38)28-22-35(23-34-28)33(25-15-7-4-8-16-25,26-17-9-5-10-18-26)27-19-11-6-12-20-27/h4-23H,3H2,1-2H3. The molecule has 7 nitrogen and oxygen atoms in total. The molecule has 6 rings (SSSR count). The second-order valence-corrected chi connectivity index (χ2v) is 9.54. The normalized spacial score (nSPS) is 11.6. The number of carbonyl (C=O) groups excluding carboxylic acids is 1. The molecule has 0 atom stereocenters. The van der Waals surface area contributed by atoms with Crippen LogP contribution in [0.4, 0.5) is 0 Å². The number of rotatable bonds is 7. The lowest BCUT2D eigenvalue weighted by Gasteiger charge is -2.37. The van der Waals surface area contributed by atoms with Crippen LogP contribution >= 0.6 is 0 Å². The van der Waals surface area contributed by atoms with Crippen LogP contribution in [-0.4, -0.2) is 31.3 Å². The van der Waals surface area contributed by atoms with E-state index in [1.54, 1.807) is 24.0 Å². The highest BCUT2D eigenvalue weighted by molar-refractivity contribution is 5.97. The molecule has 3 aromatic carbocycles. The van der Waals surface area contributed by atoms with Gasteiger partial charge in [0.1, 0.15) is 5.54 Å². The number of nitrogens with zero attached hydrogens (tertiary/aromatic N) is 4. The van der Waals surface area contributed by atoms with Gasteiger partial charge in [-0.3, -0.25) is 9.31 Å². The van der Waals surface area contributed by atoms with Gasteiger partial charge < -0.3 is 9.30 Å². The molecule has 0 bridgehead atoms. The second kappa shape index (κ2) is 10.2. The first-order chi connectivity index (χ1) is 19.6. The average Bonchev–Trinajstić information content (AvgIpc) is 3.58. The highest BCUT2D eigenvalue weighted by atomic mass is 16.5. The van der Waals surface area contributed by atoms with Crippen molar-refractivity contribution in [3.8, 4) is 5.82 Å². The topological polar surface area (TPSA) is 70.5 Å². The third-order valence-electron chi connectivity index (χ3n) is 7.26. The predicted molar refractivity (Wildman–Crippen MR) is 154 cm³/mol. The van der Waals surface area contributed by atoms with E-state index in [0.717, 1.165) is 22.3 Å². The van der Waals surface area contributed by atoms with E-state index in [4.69, 9.17) is 9.72 Å². The van der Waals surface area contributed by atoms with Crippen molar-refractivity contribution >= 4 is 11.5 Å². The van der Waals surface area contributed by atoms with Gasteiger partial charge in [-0.2, -0.15) is 4.68 Å². The maximum atomic E-state index is 13.8. The SMILES string of the molecule is CCOC(=O)c1c(=O)n(-c2cn(C(c3ccccc3)(c3ccccc3)c3ccccc3)cn2)n2cccc(C)c12. The number of aromatic nitrogens is 4. The number of ether oxygens (including phenoxy) is 1. The first kappa shape index (κ1) is 25.1. The fourth-order valence-electron chi connectivity index (χ4n) is 5.58. The first-order valence-electron chi connectivity index (χ1n) is 13.2. The van der Waals surface area contributed by atoms with E-state index in [2.05, 4.69) is 36.4 Å². The van der Waals surface area contributed by atoms with Gasteiger partial charge in [0.05, 0.1) is 24.6 Å². The van der Waals surface area contributed by atoms with Crippen LogP contribution in [0.2, 0.25) is 0 Å². The van der Waals surface area contributed by atoms with Crippen LogP contribution in [0.15, 0.2) is 127 Å². The number of aryl methyl sites for hydroxylation is 1. The fraction of sp³-hybridized carbons (Fsp3) is 0.121. The third kappa shape index (κ3) is 3.86. The fourth-order valence-corrected chi connectivity index (χ4v) is 5.58. The van der Waals surface area contributed by atoms with Crippen LogP contribution in [0.3, 0.4) is 0 Å². The quantitative estimate of drug-likeness (QED) is 0.199. The van der Waals surface area contributed by atoms with Gasteiger partial charge in [-0.15, -0.1) is 0 Å². The van der Waals surface area contributed by atoms with Crippen LogP contribution in [0.1, 0.15) is 39.5 Å². The van der Waals surface area contributed by atoms with Crippen LogP contribution < -0.4 is 5.56 Å². The van der Waals surface area contributed by atoms with E-state index in [0.29, 0.717) is 11.3 Å². The summed E-state index contributed by atoms with van der Waals surface area (Å²) in [5.41, 5.74) is 3.11. The number of pyridine rings is 1. The predicted octanol–water partition coefficient (Wildman–Crippen LogP) is 5.61. The molecule has 0 fully saturated rings. The summed E-state index contributed by atoms with van der Waals surface area (Å²) in [6, 6.07) is 34.4. The summed E-state index contributed by atoms with van der Waals surface area (Å²) in [6.07, 6.45) is 5.36. The Hall–Kier alpha value is -5.17. The maximum Gasteiger partial charge on any atom is 0.346 e. The molecule has 0 aliphatic carbocycles. The van der Waals surface area contributed by atoms with Gasteiger partial charge >= 0.3 is 5.97 Å². The molecule has 3 heterocycles. The average molecular weight is 529 g/mol.